The molecule has 0 aromatic rings. The predicted molar refractivity (Wildman–Crippen MR) is 30.0 cm³/mol. The second kappa shape index (κ2) is 5.15. The molecular formula is C6H8O. The lowest BCUT2D eigenvalue weighted by Crippen LogP contribution is -1.57. The van der Waals surface area contributed by atoms with Crippen molar-refractivity contribution in [1.82, 2.24) is 0 Å². The summed E-state index contributed by atoms with van der Waals surface area (Å²) in [5.41, 5.74) is 0. The molecule has 0 spiro atoms. The van der Waals surface area contributed by atoms with Crippen LogP contribution in [0.25, 0.3) is 0 Å². The first-order valence-corrected chi connectivity index (χ1v) is 2.13. The summed E-state index contributed by atoms with van der Waals surface area (Å²) in [4.78, 5) is 9.56. The van der Waals surface area contributed by atoms with E-state index in [0.717, 1.165) is 12.7 Å². The summed E-state index contributed by atoms with van der Waals surface area (Å²) in [7, 11) is 0. The molecular weight excluding hydrogens is 88.1 g/mol. The van der Waals surface area contributed by atoms with Gasteiger partial charge in [0.2, 0.25) is 0 Å². The second-order valence-corrected chi connectivity index (χ2v) is 1.09. The van der Waals surface area contributed by atoms with Crippen molar-refractivity contribution in [2.24, 2.45) is 0 Å². The first kappa shape index (κ1) is 6.15. The maximum Gasteiger partial charge on any atom is 0.142 e. The minimum absolute atomic E-state index is 0.753. The number of hydrogen-bond acceptors (Lipinski definition) is 1. The monoisotopic (exact) mass is 96.1 g/mol. The van der Waals surface area contributed by atoms with Gasteiger partial charge in [-0.25, -0.2) is 0 Å². The molecule has 0 unspecified atom stereocenters. The molecule has 0 heterocycles. The summed E-state index contributed by atoms with van der Waals surface area (Å²) in [6.45, 7) is 3.47. The van der Waals surface area contributed by atoms with Crippen LogP contribution in [0, 0.1) is 0 Å². The van der Waals surface area contributed by atoms with Crippen molar-refractivity contribution in [3.8, 4) is 0 Å². The topological polar surface area (TPSA) is 17.1 Å². The van der Waals surface area contributed by atoms with Crippen LogP contribution in [0.3, 0.4) is 0 Å². The molecule has 0 amide bonds. The number of hydrogen-bond donors (Lipinski definition) is 0. The van der Waals surface area contributed by atoms with Gasteiger partial charge in [0.15, 0.2) is 0 Å². The Labute approximate surface area is 43.3 Å². The van der Waals surface area contributed by atoms with Gasteiger partial charge in [-0.2, -0.15) is 0 Å². The molecule has 0 aliphatic heterocycles. The molecule has 1 heteroatoms. The van der Waals surface area contributed by atoms with Crippen molar-refractivity contribution in [3.63, 3.8) is 0 Å². The Bertz CT molecular complexity index is 82.2. The Balaban J connectivity index is 3.08. The van der Waals surface area contributed by atoms with Gasteiger partial charge in [-0.3, -0.25) is 4.79 Å². The third-order valence-corrected chi connectivity index (χ3v) is 0.517. The van der Waals surface area contributed by atoms with Crippen LogP contribution in [0.2, 0.25) is 0 Å². The first-order valence-electron chi connectivity index (χ1n) is 2.13. The highest BCUT2D eigenvalue weighted by Gasteiger charge is 1.62. The Morgan fingerprint density at radius 3 is 2.71 bits per heavy atom. The van der Waals surface area contributed by atoms with Gasteiger partial charge in [0.1, 0.15) is 6.29 Å². The lowest BCUT2D eigenvalue weighted by molar-refractivity contribution is -0.104. The summed E-state index contributed by atoms with van der Waals surface area (Å²) in [5, 5.41) is 0. The molecule has 38 valence electrons. The standard InChI is InChI=1S/C6H8O/c1-2-3-4-5-6-7/h2,4-6H,1,3H2/b5-4-. The molecule has 0 saturated heterocycles. The molecule has 0 aromatic carbocycles. The fourth-order valence-corrected chi connectivity index (χ4v) is 0.230. The lowest BCUT2D eigenvalue weighted by atomic mass is 10.4. The fourth-order valence-electron chi connectivity index (χ4n) is 0.230. The zero-order valence-corrected chi connectivity index (χ0v) is 4.13. The molecule has 0 rings (SSSR count). The van der Waals surface area contributed by atoms with E-state index in [0.29, 0.717) is 0 Å². The summed E-state index contributed by atoms with van der Waals surface area (Å²) in [6, 6.07) is 0. The third kappa shape index (κ3) is 5.15. The van der Waals surface area contributed by atoms with E-state index >= 15 is 0 Å². The van der Waals surface area contributed by atoms with Gasteiger partial charge in [0.05, 0.1) is 0 Å². The van der Waals surface area contributed by atoms with Crippen LogP contribution in [-0.4, -0.2) is 6.29 Å². The quantitative estimate of drug-likeness (QED) is 0.294. The maximum absolute atomic E-state index is 9.56. The average Bonchev–Trinajstić information content (AvgIpc) is 1.69. The van der Waals surface area contributed by atoms with E-state index in [-0.39, 0.29) is 0 Å². The number of aldehydes is 1. The Morgan fingerprint density at radius 2 is 2.29 bits per heavy atom. The largest absolute Gasteiger partial charge is 0.299 e. The van der Waals surface area contributed by atoms with Crippen LogP contribution in [0.1, 0.15) is 6.42 Å². The van der Waals surface area contributed by atoms with E-state index in [1.165, 1.54) is 6.08 Å². The molecule has 1 nitrogen and oxygen atoms in total. The van der Waals surface area contributed by atoms with Crippen molar-refractivity contribution >= 4 is 6.29 Å². The van der Waals surface area contributed by atoms with Gasteiger partial charge in [-0.1, -0.05) is 12.2 Å². The second-order valence-electron chi connectivity index (χ2n) is 1.09. The highest BCUT2D eigenvalue weighted by atomic mass is 16.1. The minimum atomic E-state index is 0.753. The van der Waals surface area contributed by atoms with Crippen LogP contribution in [0.15, 0.2) is 24.8 Å². The molecule has 0 atom stereocenters. The molecule has 0 radical (unpaired) electrons. The van der Waals surface area contributed by atoms with Crippen LogP contribution < -0.4 is 0 Å². The van der Waals surface area contributed by atoms with Crippen LogP contribution >= 0.6 is 0 Å². The van der Waals surface area contributed by atoms with E-state index in [1.807, 2.05) is 0 Å². The van der Waals surface area contributed by atoms with Gasteiger partial charge < -0.3 is 0 Å². The van der Waals surface area contributed by atoms with Gasteiger partial charge in [-0.05, 0) is 12.5 Å². The van der Waals surface area contributed by atoms with Crippen molar-refractivity contribution in [2.75, 3.05) is 0 Å². The Kier molecular flexibility index (Phi) is 4.52. The molecule has 7 heavy (non-hydrogen) atoms. The van der Waals surface area contributed by atoms with E-state index in [1.54, 1.807) is 12.2 Å². The molecule has 0 N–H and O–H groups in total. The zero-order valence-electron chi connectivity index (χ0n) is 4.13. The molecule has 0 fully saturated rings. The van der Waals surface area contributed by atoms with E-state index in [4.69, 9.17) is 0 Å². The summed E-state index contributed by atoms with van der Waals surface area (Å²) in [5.74, 6) is 0. The lowest BCUT2D eigenvalue weighted by Gasteiger charge is -1.69. The Morgan fingerprint density at radius 1 is 1.57 bits per heavy atom. The molecule has 0 saturated carbocycles. The van der Waals surface area contributed by atoms with Crippen molar-refractivity contribution in [2.45, 2.75) is 6.42 Å². The van der Waals surface area contributed by atoms with Crippen molar-refractivity contribution < 1.29 is 4.79 Å². The molecule has 0 bridgehead atoms. The maximum atomic E-state index is 9.56. The highest BCUT2D eigenvalue weighted by Crippen LogP contribution is 1.78. The number of allylic oxidation sites excluding steroid dienone is 3. The van der Waals surface area contributed by atoms with Gasteiger partial charge in [0.25, 0.3) is 0 Å². The van der Waals surface area contributed by atoms with E-state index < -0.39 is 0 Å². The van der Waals surface area contributed by atoms with Gasteiger partial charge in [-0.15, -0.1) is 6.58 Å². The molecule has 0 aliphatic rings. The van der Waals surface area contributed by atoms with Crippen molar-refractivity contribution in [1.29, 1.82) is 0 Å². The third-order valence-electron chi connectivity index (χ3n) is 0.517. The van der Waals surface area contributed by atoms with Gasteiger partial charge in [0, 0.05) is 0 Å². The van der Waals surface area contributed by atoms with Crippen LogP contribution in [0.4, 0.5) is 0 Å². The van der Waals surface area contributed by atoms with E-state index in [9.17, 15) is 4.79 Å². The molecule has 0 aromatic heterocycles. The number of rotatable bonds is 3. The SMILES string of the molecule is C=CC/C=C\C=O. The zero-order chi connectivity index (χ0) is 5.54. The normalized spacial score (nSPS) is 9.14. The van der Waals surface area contributed by atoms with Crippen molar-refractivity contribution in [3.05, 3.63) is 24.8 Å². The first-order chi connectivity index (χ1) is 3.41. The van der Waals surface area contributed by atoms with Crippen LogP contribution in [0.5, 0.6) is 0 Å². The van der Waals surface area contributed by atoms with Crippen LogP contribution in [-0.2, 0) is 4.79 Å². The number of carbonyl (C=O) groups is 1. The fraction of sp³-hybridized carbons (Fsp3) is 0.167. The summed E-state index contributed by atoms with van der Waals surface area (Å²) < 4.78 is 0. The minimum Gasteiger partial charge on any atom is -0.299 e. The summed E-state index contributed by atoms with van der Waals surface area (Å²) >= 11 is 0. The summed E-state index contributed by atoms with van der Waals surface area (Å²) in [6.07, 6.45) is 6.48. The number of carbonyl (C=O) groups excluding carboxylic acids is 1. The smallest absolute Gasteiger partial charge is 0.142 e. The highest BCUT2D eigenvalue weighted by molar-refractivity contribution is 5.64. The predicted octanol–water partition coefficient (Wildman–Crippen LogP) is 1.32. The van der Waals surface area contributed by atoms with E-state index in [2.05, 4.69) is 6.58 Å². The average molecular weight is 96.1 g/mol. The van der Waals surface area contributed by atoms with Gasteiger partial charge >= 0.3 is 0 Å². The molecule has 0 aliphatic carbocycles. The Hall–Kier alpha value is -0.850.